The van der Waals surface area contributed by atoms with E-state index < -0.39 is 0 Å². The molecular weight excluding hydrogens is 256 g/mol. The molecule has 14 heavy (non-hydrogen) atoms. The predicted octanol–water partition coefficient (Wildman–Crippen LogP) is 5.41. The molecule has 0 spiro atoms. The molecule has 0 radical (unpaired) electrons. The summed E-state index contributed by atoms with van der Waals surface area (Å²) in [6.07, 6.45) is 9.56. The normalized spacial score (nSPS) is 10.7. The third kappa shape index (κ3) is 4.61. The van der Waals surface area contributed by atoms with Crippen LogP contribution in [-0.2, 0) is 6.42 Å². The minimum atomic E-state index is 1.25. The standard InChI is InChI=1S/C12H19BrS/c1-2-3-4-5-6-7-8-11-9-10-14-12(11)13/h9-10H,2-8H2,1H3. The van der Waals surface area contributed by atoms with E-state index in [1.807, 2.05) is 0 Å². The van der Waals surface area contributed by atoms with Gasteiger partial charge in [-0.2, -0.15) is 0 Å². The van der Waals surface area contributed by atoms with Gasteiger partial charge in [0.1, 0.15) is 0 Å². The topological polar surface area (TPSA) is 0 Å². The van der Waals surface area contributed by atoms with Crippen molar-refractivity contribution in [3.05, 3.63) is 20.8 Å². The Morgan fingerprint density at radius 2 is 1.86 bits per heavy atom. The highest BCUT2D eigenvalue weighted by atomic mass is 79.9. The van der Waals surface area contributed by atoms with Crippen molar-refractivity contribution < 1.29 is 0 Å². The summed E-state index contributed by atoms with van der Waals surface area (Å²) >= 11 is 5.37. The third-order valence-electron chi connectivity index (χ3n) is 2.49. The van der Waals surface area contributed by atoms with Crippen LogP contribution in [0.3, 0.4) is 0 Å². The van der Waals surface area contributed by atoms with Gasteiger partial charge in [-0.25, -0.2) is 0 Å². The Balaban J connectivity index is 2.02. The average Bonchev–Trinajstić information content (AvgIpc) is 2.58. The first-order valence-corrected chi connectivity index (χ1v) is 7.23. The lowest BCUT2D eigenvalue weighted by Gasteiger charge is -2.00. The van der Waals surface area contributed by atoms with E-state index in [0.29, 0.717) is 0 Å². The van der Waals surface area contributed by atoms with Crippen molar-refractivity contribution in [2.45, 2.75) is 51.9 Å². The van der Waals surface area contributed by atoms with Crippen LogP contribution in [0.15, 0.2) is 15.2 Å². The average molecular weight is 275 g/mol. The van der Waals surface area contributed by atoms with Gasteiger partial charge in [0.25, 0.3) is 0 Å². The molecule has 0 saturated carbocycles. The van der Waals surface area contributed by atoms with Gasteiger partial charge in [0.15, 0.2) is 0 Å². The van der Waals surface area contributed by atoms with Gasteiger partial charge in [0.05, 0.1) is 3.79 Å². The van der Waals surface area contributed by atoms with Crippen LogP contribution in [0.1, 0.15) is 51.0 Å². The summed E-state index contributed by atoms with van der Waals surface area (Å²) in [7, 11) is 0. The smallest absolute Gasteiger partial charge is 0.0730 e. The second-order valence-electron chi connectivity index (χ2n) is 3.74. The zero-order chi connectivity index (χ0) is 10.2. The Labute approximate surface area is 99.9 Å². The third-order valence-corrected chi connectivity index (χ3v) is 4.30. The fourth-order valence-electron chi connectivity index (χ4n) is 1.59. The zero-order valence-electron chi connectivity index (χ0n) is 8.89. The van der Waals surface area contributed by atoms with Gasteiger partial charge in [-0.05, 0) is 45.8 Å². The SMILES string of the molecule is CCCCCCCCc1ccsc1Br. The summed E-state index contributed by atoms with van der Waals surface area (Å²) in [5.74, 6) is 0. The fraction of sp³-hybridized carbons (Fsp3) is 0.667. The van der Waals surface area contributed by atoms with Gasteiger partial charge in [0, 0.05) is 0 Å². The van der Waals surface area contributed by atoms with Crippen LogP contribution in [0.4, 0.5) is 0 Å². The number of rotatable bonds is 7. The Bertz CT molecular complexity index is 242. The van der Waals surface area contributed by atoms with Crippen LogP contribution in [0.25, 0.3) is 0 Å². The summed E-state index contributed by atoms with van der Waals surface area (Å²) in [5.41, 5.74) is 1.49. The number of hydrogen-bond acceptors (Lipinski definition) is 1. The minimum Gasteiger partial charge on any atom is -0.137 e. The monoisotopic (exact) mass is 274 g/mol. The molecule has 0 bridgehead atoms. The van der Waals surface area contributed by atoms with E-state index in [1.165, 1.54) is 54.3 Å². The van der Waals surface area contributed by atoms with Gasteiger partial charge in [-0.1, -0.05) is 39.0 Å². The highest BCUT2D eigenvalue weighted by Gasteiger charge is 1.99. The second-order valence-corrected chi connectivity index (χ2v) is 5.97. The number of thiophene rings is 1. The predicted molar refractivity (Wildman–Crippen MR) is 69.1 cm³/mol. The zero-order valence-corrected chi connectivity index (χ0v) is 11.3. The van der Waals surface area contributed by atoms with Crippen molar-refractivity contribution in [2.24, 2.45) is 0 Å². The fourth-order valence-corrected chi connectivity index (χ4v) is 2.92. The van der Waals surface area contributed by atoms with Gasteiger partial charge in [-0.15, -0.1) is 11.3 Å². The van der Waals surface area contributed by atoms with E-state index in [2.05, 4.69) is 34.3 Å². The van der Waals surface area contributed by atoms with Crippen molar-refractivity contribution in [3.8, 4) is 0 Å². The molecule has 0 atom stereocenters. The largest absolute Gasteiger partial charge is 0.137 e. The van der Waals surface area contributed by atoms with Crippen LogP contribution in [0.2, 0.25) is 0 Å². The minimum absolute atomic E-state index is 1.25. The van der Waals surface area contributed by atoms with E-state index >= 15 is 0 Å². The molecule has 0 saturated heterocycles. The summed E-state index contributed by atoms with van der Waals surface area (Å²) in [5, 5.41) is 2.16. The second kappa shape index (κ2) is 7.47. The van der Waals surface area contributed by atoms with Crippen molar-refractivity contribution in [1.29, 1.82) is 0 Å². The maximum Gasteiger partial charge on any atom is 0.0730 e. The Kier molecular flexibility index (Phi) is 6.54. The summed E-state index contributed by atoms with van der Waals surface area (Å²) in [6.45, 7) is 2.27. The van der Waals surface area contributed by atoms with Crippen molar-refractivity contribution in [2.75, 3.05) is 0 Å². The molecule has 0 aromatic carbocycles. The molecule has 0 aliphatic heterocycles. The van der Waals surface area contributed by atoms with E-state index in [-0.39, 0.29) is 0 Å². The summed E-state index contributed by atoms with van der Waals surface area (Å²) in [6, 6.07) is 2.24. The molecule has 0 fully saturated rings. The molecule has 0 aliphatic carbocycles. The van der Waals surface area contributed by atoms with Crippen molar-refractivity contribution in [1.82, 2.24) is 0 Å². The summed E-state index contributed by atoms with van der Waals surface area (Å²) < 4.78 is 1.33. The first-order chi connectivity index (χ1) is 6.84. The molecular formula is C12H19BrS. The lowest BCUT2D eigenvalue weighted by atomic mass is 10.1. The lowest BCUT2D eigenvalue weighted by molar-refractivity contribution is 0.607. The van der Waals surface area contributed by atoms with Gasteiger partial charge >= 0.3 is 0 Å². The molecule has 80 valence electrons. The van der Waals surface area contributed by atoms with Crippen LogP contribution >= 0.6 is 27.3 Å². The van der Waals surface area contributed by atoms with Gasteiger partial charge < -0.3 is 0 Å². The van der Waals surface area contributed by atoms with E-state index in [0.717, 1.165) is 0 Å². The van der Waals surface area contributed by atoms with Crippen molar-refractivity contribution >= 4 is 27.3 Å². The molecule has 0 nitrogen and oxygen atoms in total. The highest BCUT2D eigenvalue weighted by Crippen LogP contribution is 2.25. The molecule has 0 aliphatic rings. The Hall–Kier alpha value is 0.180. The van der Waals surface area contributed by atoms with E-state index in [4.69, 9.17) is 0 Å². The van der Waals surface area contributed by atoms with Gasteiger partial charge in [-0.3, -0.25) is 0 Å². The van der Waals surface area contributed by atoms with E-state index in [9.17, 15) is 0 Å². The Morgan fingerprint density at radius 1 is 1.14 bits per heavy atom. The molecule has 1 rings (SSSR count). The van der Waals surface area contributed by atoms with Crippen LogP contribution in [0, 0.1) is 0 Å². The van der Waals surface area contributed by atoms with Gasteiger partial charge in [0.2, 0.25) is 0 Å². The first kappa shape index (κ1) is 12.3. The number of hydrogen-bond donors (Lipinski definition) is 0. The molecule has 1 aromatic rings. The quantitative estimate of drug-likeness (QED) is 0.583. The highest BCUT2D eigenvalue weighted by molar-refractivity contribution is 9.11. The van der Waals surface area contributed by atoms with Crippen LogP contribution in [-0.4, -0.2) is 0 Å². The Morgan fingerprint density at radius 3 is 2.50 bits per heavy atom. The van der Waals surface area contributed by atoms with E-state index in [1.54, 1.807) is 11.3 Å². The lowest BCUT2D eigenvalue weighted by Crippen LogP contribution is -1.84. The first-order valence-electron chi connectivity index (χ1n) is 5.56. The molecule has 0 N–H and O–H groups in total. The molecule has 2 heteroatoms. The van der Waals surface area contributed by atoms with Crippen LogP contribution in [0.5, 0.6) is 0 Å². The molecule has 0 amide bonds. The molecule has 1 aromatic heterocycles. The molecule has 0 unspecified atom stereocenters. The maximum absolute atomic E-state index is 3.58. The number of halogens is 1. The number of unbranched alkanes of at least 4 members (excludes halogenated alkanes) is 5. The maximum atomic E-state index is 3.58. The van der Waals surface area contributed by atoms with Crippen LogP contribution < -0.4 is 0 Å². The summed E-state index contributed by atoms with van der Waals surface area (Å²) in [4.78, 5) is 0. The molecule has 1 heterocycles. The van der Waals surface area contributed by atoms with Crippen molar-refractivity contribution in [3.63, 3.8) is 0 Å². The number of aryl methyl sites for hydroxylation is 1.